The van der Waals surface area contributed by atoms with E-state index in [1.807, 2.05) is 16.8 Å². The Bertz CT molecular complexity index is 706. The molecule has 6 heteroatoms. The molecule has 0 spiro atoms. The number of benzene rings is 1. The fraction of sp³-hybridized carbons (Fsp3) is 0.222. The van der Waals surface area contributed by atoms with E-state index < -0.39 is 5.60 Å². The van der Waals surface area contributed by atoms with Crippen molar-refractivity contribution in [2.45, 2.75) is 19.1 Å². The van der Waals surface area contributed by atoms with E-state index in [-0.39, 0.29) is 18.4 Å². The van der Waals surface area contributed by atoms with Crippen molar-refractivity contribution in [3.05, 3.63) is 70.4 Å². The van der Waals surface area contributed by atoms with Gasteiger partial charge in [-0.2, -0.15) is 11.3 Å². The molecule has 2 aromatic rings. The van der Waals surface area contributed by atoms with Crippen LogP contribution in [-0.2, 0) is 16.9 Å². The van der Waals surface area contributed by atoms with Crippen LogP contribution in [0.4, 0.5) is 0 Å². The maximum absolute atomic E-state index is 12.2. The van der Waals surface area contributed by atoms with Gasteiger partial charge in [-0.3, -0.25) is 9.59 Å². The molecule has 1 unspecified atom stereocenters. The first-order valence-corrected chi connectivity index (χ1v) is 8.39. The summed E-state index contributed by atoms with van der Waals surface area (Å²) in [6, 6.07) is 8.75. The van der Waals surface area contributed by atoms with E-state index in [2.05, 4.69) is 17.2 Å². The molecule has 2 amide bonds. The predicted molar refractivity (Wildman–Crippen MR) is 94.7 cm³/mol. The highest BCUT2D eigenvalue weighted by molar-refractivity contribution is 7.08. The van der Waals surface area contributed by atoms with E-state index in [9.17, 15) is 14.7 Å². The molecular formula is C18H20N2O3S. The fourth-order valence-electron chi connectivity index (χ4n) is 2.06. The number of hydrogen-bond donors (Lipinski definition) is 3. The van der Waals surface area contributed by atoms with Gasteiger partial charge in [0.1, 0.15) is 5.60 Å². The Morgan fingerprint density at radius 1 is 1.25 bits per heavy atom. The fourth-order valence-corrected chi connectivity index (χ4v) is 2.85. The Morgan fingerprint density at radius 3 is 2.54 bits per heavy atom. The third kappa shape index (κ3) is 4.78. The normalized spacial score (nSPS) is 12.9. The van der Waals surface area contributed by atoms with Crippen molar-refractivity contribution < 1.29 is 14.7 Å². The molecule has 0 aliphatic carbocycles. The predicted octanol–water partition coefficient (Wildman–Crippen LogP) is 2.19. The largest absolute Gasteiger partial charge is 0.384 e. The van der Waals surface area contributed by atoms with Gasteiger partial charge in [0.05, 0.1) is 6.54 Å². The average Bonchev–Trinajstić information content (AvgIpc) is 3.13. The quantitative estimate of drug-likeness (QED) is 0.674. The summed E-state index contributed by atoms with van der Waals surface area (Å²) in [5.74, 6) is -0.500. The molecule has 0 fully saturated rings. The summed E-state index contributed by atoms with van der Waals surface area (Å²) < 4.78 is 0. The molecule has 5 nitrogen and oxygen atoms in total. The van der Waals surface area contributed by atoms with Crippen LogP contribution in [0.25, 0.3) is 0 Å². The Hall–Kier alpha value is -2.44. The van der Waals surface area contributed by atoms with Gasteiger partial charge < -0.3 is 15.7 Å². The summed E-state index contributed by atoms with van der Waals surface area (Å²) in [5.41, 5.74) is 1.05. The SMILES string of the molecule is C=CC(=O)NCc1ccc(C(=O)NCC(C)(O)c2ccsc2)cc1. The van der Waals surface area contributed by atoms with Crippen molar-refractivity contribution in [3.8, 4) is 0 Å². The van der Waals surface area contributed by atoms with Crippen LogP contribution >= 0.6 is 11.3 Å². The monoisotopic (exact) mass is 344 g/mol. The lowest BCUT2D eigenvalue weighted by molar-refractivity contribution is -0.116. The molecule has 1 aromatic heterocycles. The molecule has 0 bridgehead atoms. The standard InChI is InChI=1S/C18H20N2O3S/c1-3-16(21)19-10-13-4-6-14(7-5-13)17(22)20-12-18(2,23)15-8-9-24-11-15/h3-9,11,23H,1,10,12H2,2H3,(H,19,21)(H,20,22). The van der Waals surface area contributed by atoms with Gasteiger partial charge in [0.15, 0.2) is 0 Å². The van der Waals surface area contributed by atoms with Gasteiger partial charge >= 0.3 is 0 Å². The summed E-state index contributed by atoms with van der Waals surface area (Å²) in [6.45, 7) is 5.55. The second kappa shape index (κ2) is 7.90. The number of thiophene rings is 1. The summed E-state index contributed by atoms with van der Waals surface area (Å²) >= 11 is 1.50. The van der Waals surface area contributed by atoms with Crippen LogP contribution in [0.3, 0.4) is 0 Å². The molecular weight excluding hydrogens is 324 g/mol. The zero-order valence-corrected chi connectivity index (χ0v) is 14.2. The lowest BCUT2D eigenvalue weighted by atomic mass is 9.99. The average molecular weight is 344 g/mol. The number of rotatable bonds is 7. The second-order valence-corrected chi connectivity index (χ2v) is 6.37. The minimum atomic E-state index is -1.11. The maximum Gasteiger partial charge on any atom is 0.251 e. The molecule has 0 radical (unpaired) electrons. The van der Waals surface area contributed by atoms with E-state index in [0.717, 1.165) is 11.1 Å². The first-order valence-electron chi connectivity index (χ1n) is 7.45. The first-order chi connectivity index (χ1) is 11.4. The van der Waals surface area contributed by atoms with Gasteiger partial charge in [0.25, 0.3) is 5.91 Å². The van der Waals surface area contributed by atoms with Crippen molar-refractivity contribution in [2.24, 2.45) is 0 Å². The van der Waals surface area contributed by atoms with Gasteiger partial charge in [-0.05, 0) is 53.1 Å². The molecule has 1 heterocycles. The molecule has 1 atom stereocenters. The highest BCUT2D eigenvalue weighted by atomic mass is 32.1. The zero-order chi connectivity index (χ0) is 17.6. The van der Waals surface area contributed by atoms with Crippen LogP contribution in [0.5, 0.6) is 0 Å². The van der Waals surface area contributed by atoms with Crippen LogP contribution in [0.15, 0.2) is 53.7 Å². The van der Waals surface area contributed by atoms with Crippen LogP contribution in [0, 0.1) is 0 Å². The number of aliphatic hydroxyl groups is 1. The first kappa shape index (κ1) is 17.9. The number of hydrogen-bond acceptors (Lipinski definition) is 4. The summed E-state index contributed by atoms with van der Waals surface area (Å²) in [4.78, 5) is 23.3. The number of nitrogens with one attached hydrogen (secondary N) is 2. The Balaban J connectivity index is 1.90. The molecule has 0 saturated carbocycles. The van der Waals surface area contributed by atoms with Crippen molar-refractivity contribution >= 4 is 23.2 Å². The van der Waals surface area contributed by atoms with Crippen molar-refractivity contribution in [1.82, 2.24) is 10.6 Å². The van der Waals surface area contributed by atoms with Crippen molar-refractivity contribution in [3.63, 3.8) is 0 Å². The highest BCUT2D eigenvalue weighted by Crippen LogP contribution is 2.22. The number of carbonyl (C=O) groups excluding carboxylic acids is 2. The molecule has 126 valence electrons. The third-order valence-electron chi connectivity index (χ3n) is 3.60. The van der Waals surface area contributed by atoms with E-state index in [1.165, 1.54) is 17.4 Å². The van der Waals surface area contributed by atoms with Crippen LogP contribution in [0.1, 0.15) is 28.4 Å². The number of carbonyl (C=O) groups is 2. The van der Waals surface area contributed by atoms with E-state index in [0.29, 0.717) is 12.1 Å². The van der Waals surface area contributed by atoms with Crippen LogP contribution in [0.2, 0.25) is 0 Å². The zero-order valence-electron chi connectivity index (χ0n) is 13.4. The Kier molecular flexibility index (Phi) is 5.89. The summed E-state index contributed by atoms with van der Waals surface area (Å²) in [6.07, 6.45) is 1.21. The van der Waals surface area contributed by atoms with Gasteiger partial charge in [-0.15, -0.1) is 0 Å². The van der Waals surface area contributed by atoms with Crippen LogP contribution < -0.4 is 10.6 Å². The smallest absolute Gasteiger partial charge is 0.251 e. The topological polar surface area (TPSA) is 78.4 Å². The molecule has 0 aliphatic rings. The molecule has 0 aliphatic heterocycles. The number of amides is 2. The lowest BCUT2D eigenvalue weighted by Gasteiger charge is -2.22. The summed E-state index contributed by atoms with van der Waals surface area (Å²) in [7, 11) is 0. The minimum absolute atomic E-state index is 0.125. The Labute approximate surface area is 145 Å². The third-order valence-corrected chi connectivity index (χ3v) is 4.29. The van der Waals surface area contributed by atoms with Gasteiger partial charge in [-0.1, -0.05) is 18.7 Å². The van der Waals surface area contributed by atoms with Gasteiger partial charge in [-0.25, -0.2) is 0 Å². The molecule has 3 N–H and O–H groups in total. The van der Waals surface area contributed by atoms with E-state index >= 15 is 0 Å². The van der Waals surface area contributed by atoms with Crippen molar-refractivity contribution in [1.29, 1.82) is 0 Å². The second-order valence-electron chi connectivity index (χ2n) is 5.59. The van der Waals surface area contributed by atoms with Gasteiger partial charge in [0, 0.05) is 12.1 Å². The van der Waals surface area contributed by atoms with E-state index in [1.54, 1.807) is 31.2 Å². The summed E-state index contributed by atoms with van der Waals surface area (Å²) in [5, 5.41) is 19.6. The van der Waals surface area contributed by atoms with Crippen molar-refractivity contribution in [2.75, 3.05) is 6.54 Å². The highest BCUT2D eigenvalue weighted by Gasteiger charge is 2.24. The molecule has 24 heavy (non-hydrogen) atoms. The van der Waals surface area contributed by atoms with Crippen LogP contribution in [-0.4, -0.2) is 23.5 Å². The lowest BCUT2D eigenvalue weighted by Crippen LogP contribution is -2.38. The van der Waals surface area contributed by atoms with E-state index in [4.69, 9.17) is 0 Å². The minimum Gasteiger partial charge on any atom is -0.384 e. The molecule has 0 saturated heterocycles. The maximum atomic E-state index is 12.2. The van der Waals surface area contributed by atoms with Gasteiger partial charge in [0.2, 0.25) is 5.91 Å². The molecule has 1 aromatic carbocycles. The molecule has 2 rings (SSSR count). The Morgan fingerprint density at radius 2 is 1.96 bits per heavy atom.